The van der Waals surface area contributed by atoms with Crippen LogP contribution in [0.4, 0.5) is 4.39 Å². The van der Waals surface area contributed by atoms with E-state index in [9.17, 15) is 9.18 Å². The van der Waals surface area contributed by atoms with E-state index in [2.05, 4.69) is 20.3 Å². The van der Waals surface area contributed by atoms with Crippen molar-refractivity contribution in [3.63, 3.8) is 0 Å². The number of hydrogen-bond donors (Lipinski definition) is 1. The van der Waals surface area contributed by atoms with Gasteiger partial charge in [0.05, 0.1) is 11.7 Å². The fourth-order valence-corrected chi connectivity index (χ4v) is 3.83. The number of nitrogens with zero attached hydrogens (tertiary/aromatic N) is 4. The lowest BCUT2D eigenvalue weighted by Gasteiger charge is -2.28. The average Bonchev–Trinajstić information content (AvgIpc) is 3.32. The van der Waals surface area contributed by atoms with Gasteiger partial charge < -0.3 is 5.32 Å². The van der Waals surface area contributed by atoms with E-state index in [0.29, 0.717) is 17.9 Å². The van der Waals surface area contributed by atoms with Gasteiger partial charge in [-0.1, -0.05) is 12.1 Å². The summed E-state index contributed by atoms with van der Waals surface area (Å²) < 4.78 is 15.1. The summed E-state index contributed by atoms with van der Waals surface area (Å²) in [6.45, 7) is 6.22. The minimum atomic E-state index is -0.253. The fraction of sp³-hybridized carbons (Fsp3) is 0.381. The van der Waals surface area contributed by atoms with Crippen LogP contribution >= 0.6 is 0 Å². The lowest BCUT2D eigenvalue weighted by molar-refractivity contribution is 0.0933. The molecule has 4 rings (SSSR count). The summed E-state index contributed by atoms with van der Waals surface area (Å²) in [5.74, 6) is -0.465. The van der Waals surface area contributed by atoms with E-state index < -0.39 is 0 Å². The normalized spacial score (nSPS) is 15.8. The van der Waals surface area contributed by atoms with Crippen LogP contribution in [0.5, 0.6) is 0 Å². The van der Waals surface area contributed by atoms with Crippen LogP contribution in [0.2, 0.25) is 0 Å². The Hall–Kier alpha value is -2.80. The number of amides is 1. The Bertz CT molecular complexity index is 992. The Balaban J connectivity index is 1.53. The second kappa shape index (κ2) is 7.67. The van der Waals surface area contributed by atoms with Gasteiger partial charge in [-0.2, -0.15) is 5.10 Å². The lowest BCUT2D eigenvalue weighted by atomic mass is 10.1. The number of fused-ring (bicyclic) bond motifs is 1. The summed E-state index contributed by atoms with van der Waals surface area (Å²) >= 11 is 0. The molecule has 1 fully saturated rings. The van der Waals surface area contributed by atoms with Gasteiger partial charge in [0.2, 0.25) is 0 Å². The summed E-state index contributed by atoms with van der Waals surface area (Å²) in [6, 6.07) is 10.2. The Morgan fingerprint density at radius 2 is 1.89 bits per heavy atom. The topological polar surface area (TPSA) is 62.5 Å². The van der Waals surface area contributed by atoms with E-state index in [1.54, 1.807) is 22.7 Å². The van der Waals surface area contributed by atoms with E-state index in [0.717, 1.165) is 42.9 Å². The van der Waals surface area contributed by atoms with Crippen LogP contribution in [-0.4, -0.2) is 45.0 Å². The number of carbonyl (C=O) groups excluding carboxylic acids is 1. The highest BCUT2D eigenvalue weighted by atomic mass is 19.1. The Kier molecular flexibility index (Phi) is 5.09. The molecule has 3 aromatic rings. The van der Waals surface area contributed by atoms with Gasteiger partial charge in [0.15, 0.2) is 5.65 Å². The molecule has 1 saturated heterocycles. The molecule has 1 aliphatic heterocycles. The number of carbonyl (C=O) groups is 1. The van der Waals surface area contributed by atoms with Crippen molar-refractivity contribution in [1.29, 1.82) is 0 Å². The van der Waals surface area contributed by atoms with E-state index >= 15 is 0 Å². The molecule has 1 N–H and O–H groups in total. The molecular formula is C21H24FN5O. The summed E-state index contributed by atoms with van der Waals surface area (Å²) in [6.07, 6.45) is 2.28. The molecule has 7 heteroatoms. The first-order chi connectivity index (χ1) is 13.5. The van der Waals surface area contributed by atoms with Crippen LogP contribution in [0.1, 0.15) is 46.3 Å². The van der Waals surface area contributed by atoms with Crippen LogP contribution in [0.25, 0.3) is 5.65 Å². The fourth-order valence-electron chi connectivity index (χ4n) is 3.83. The van der Waals surface area contributed by atoms with Gasteiger partial charge in [0.25, 0.3) is 5.91 Å². The number of halogens is 1. The molecule has 146 valence electrons. The van der Waals surface area contributed by atoms with Gasteiger partial charge >= 0.3 is 0 Å². The number of benzene rings is 1. The number of aryl methyl sites for hydroxylation is 2. The highest BCUT2D eigenvalue weighted by Crippen LogP contribution is 2.25. The third-order valence-corrected chi connectivity index (χ3v) is 5.25. The second-order valence-corrected chi connectivity index (χ2v) is 7.36. The van der Waals surface area contributed by atoms with Crippen molar-refractivity contribution < 1.29 is 9.18 Å². The molecule has 0 radical (unpaired) electrons. The highest BCUT2D eigenvalue weighted by Gasteiger charge is 2.24. The molecule has 6 nitrogen and oxygen atoms in total. The first-order valence-electron chi connectivity index (χ1n) is 9.63. The molecule has 1 aromatic carbocycles. The number of aromatic nitrogens is 3. The number of nitrogens with one attached hydrogen (secondary N) is 1. The maximum Gasteiger partial charge on any atom is 0.270 e. The van der Waals surface area contributed by atoms with Crippen LogP contribution in [0.3, 0.4) is 0 Å². The predicted octanol–water partition coefficient (Wildman–Crippen LogP) is 3.05. The van der Waals surface area contributed by atoms with Gasteiger partial charge in [0, 0.05) is 18.3 Å². The van der Waals surface area contributed by atoms with Crippen LogP contribution < -0.4 is 5.32 Å². The minimum Gasteiger partial charge on any atom is -0.349 e. The molecule has 0 saturated carbocycles. The number of rotatable bonds is 5. The SMILES string of the molecule is Cc1cc2nc(C(=O)NC[C@@H](c3ccc(F)cc3)N3CCCC3)cc(C)n2n1. The molecule has 1 atom stereocenters. The molecule has 2 aromatic heterocycles. The summed E-state index contributed by atoms with van der Waals surface area (Å²) in [7, 11) is 0. The zero-order chi connectivity index (χ0) is 19.7. The van der Waals surface area contributed by atoms with Gasteiger partial charge in [-0.3, -0.25) is 9.69 Å². The first-order valence-corrected chi connectivity index (χ1v) is 9.63. The summed E-state index contributed by atoms with van der Waals surface area (Å²) in [4.78, 5) is 19.6. The smallest absolute Gasteiger partial charge is 0.270 e. The first kappa shape index (κ1) is 18.6. The van der Waals surface area contributed by atoms with E-state index in [1.165, 1.54) is 12.1 Å². The zero-order valence-electron chi connectivity index (χ0n) is 16.2. The maximum absolute atomic E-state index is 13.3. The largest absolute Gasteiger partial charge is 0.349 e. The van der Waals surface area contributed by atoms with E-state index in [1.807, 2.05) is 19.9 Å². The van der Waals surface area contributed by atoms with Crippen molar-refractivity contribution in [1.82, 2.24) is 24.8 Å². The Morgan fingerprint density at radius 1 is 1.18 bits per heavy atom. The monoisotopic (exact) mass is 381 g/mol. The van der Waals surface area contributed by atoms with Crippen molar-refractivity contribution in [2.45, 2.75) is 32.7 Å². The van der Waals surface area contributed by atoms with E-state index in [-0.39, 0.29) is 17.8 Å². The van der Waals surface area contributed by atoms with E-state index in [4.69, 9.17) is 0 Å². The van der Waals surface area contributed by atoms with Crippen molar-refractivity contribution >= 4 is 11.6 Å². The van der Waals surface area contributed by atoms with Gasteiger partial charge in [0.1, 0.15) is 11.5 Å². The Morgan fingerprint density at radius 3 is 2.61 bits per heavy atom. The van der Waals surface area contributed by atoms with Gasteiger partial charge in [-0.25, -0.2) is 13.9 Å². The third kappa shape index (κ3) is 3.75. The van der Waals surface area contributed by atoms with Crippen molar-refractivity contribution in [2.75, 3.05) is 19.6 Å². The van der Waals surface area contributed by atoms with Crippen molar-refractivity contribution in [2.24, 2.45) is 0 Å². The van der Waals surface area contributed by atoms with Gasteiger partial charge in [-0.05, 0) is 63.5 Å². The average molecular weight is 381 g/mol. The minimum absolute atomic E-state index is 0.0223. The molecular weight excluding hydrogens is 357 g/mol. The standard InChI is InChI=1S/C21H24FN5O/c1-14-11-20-24-18(12-15(2)27(20)25-14)21(28)23-13-19(26-9-3-4-10-26)16-5-7-17(22)8-6-16/h5-8,11-12,19H,3-4,9-10,13H2,1-2H3,(H,23,28)/t19-/m0/s1. The zero-order valence-corrected chi connectivity index (χ0v) is 16.2. The predicted molar refractivity (Wildman–Crippen MR) is 105 cm³/mol. The summed E-state index contributed by atoms with van der Waals surface area (Å²) in [5.41, 5.74) is 3.77. The van der Waals surface area contributed by atoms with Crippen LogP contribution in [-0.2, 0) is 0 Å². The molecule has 1 amide bonds. The molecule has 3 heterocycles. The van der Waals surface area contributed by atoms with Crippen LogP contribution in [0.15, 0.2) is 36.4 Å². The molecule has 0 bridgehead atoms. The molecule has 1 aliphatic rings. The molecule has 0 unspecified atom stereocenters. The van der Waals surface area contributed by atoms with Crippen molar-refractivity contribution in [3.8, 4) is 0 Å². The molecule has 0 aliphatic carbocycles. The number of hydrogen-bond acceptors (Lipinski definition) is 4. The molecule has 28 heavy (non-hydrogen) atoms. The molecule has 0 spiro atoms. The highest BCUT2D eigenvalue weighted by molar-refractivity contribution is 5.92. The van der Waals surface area contributed by atoms with Crippen molar-refractivity contribution in [3.05, 3.63) is 64.9 Å². The lowest BCUT2D eigenvalue weighted by Crippen LogP contribution is -2.37. The number of likely N-dealkylation sites (tertiary alicyclic amines) is 1. The maximum atomic E-state index is 13.3. The summed E-state index contributed by atoms with van der Waals surface area (Å²) in [5, 5.41) is 7.39. The van der Waals surface area contributed by atoms with Gasteiger partial charge in [-0.15, -0.1) is 0 Å². The quantitative estimate of drug-likeness (QED) is 0.738. The van der Waals surface area contributed by atoms with Crippen LogP contribution in [0, 0.1) is 19.7 Å². The third-order valence-electron chi connectivity index (χ3n) is 5.25. The Labute approximate surface area is 163 Å². The second-order valence-electron chi connectivity index (χ2n) is 7.36.